The molecule has 0 aromatic carbocycles. The molecular weight excluding hydrogens is 210 g/mol. The molecule has 0 aliphatic heterocycles. The highest BCUT2D eigenvalue weighted by molar-refractivity contribution is 6.16. The third kappa shape index (κ3) is 3.67. The summed E-state index contributed by atoms with van der Waals surface area (Å²) >= 11 is 5.73. The normalized spacial score (nSPS) is 10.7. The zero-order valence-corrected chi connectivity index (χ0v) is 10.3. The molecule has 0 fully saturated rings. The van der Waals surface area contributed by atoms with Gasteiger partial charge in [-0.25, -0.2) is 4.98 Å². The Balaban J connectivity index is 2.81. The molecule has 0 saturated carbocycles. The van der Waals surface area contributed by atoms with Crippen molar-refractivity contribution >= 4 is 17.4 Å². The Morgan fingerprint density at radius 3 is 2.67 bits per heavy atom. The van der Waals surface area contributed by atoms with Crippen molar-refractivity contribution in [2.75, 3.05) is 18.0 Å². The van der Waals surface area contributed by atoms with Gasteiger partial charge in [-0.2, -0.15) is 0 Å². The summed E-state index contributed by atoms with van der Waals surface area (Å²) in [6.45, 7) is 8.45. The summed E-state index contributed by atoms with van der Waals surface area (Å²) < 4.78 is 0. The lowest BCUT2D eigenvalue weighted by atomic mass is 10.2. The minimum atomic E-state index is 0.417. The molecule has 0 aliphatic rings. The van der Waals surface area contributed by atoms with E-state index in [0.29, 0.717) is 11.8 Å². The molecule has 0 unspecified atom stereocenters. The van der Waals surface area contributed by atoms with Crippen molar-refractivity contribution in [3.8, 4) is 0 Å². The lowest BCUT2D eigenvalue weighted by molar-refractivity contribution is 0.613. The summed E-state index contributed by atoms with van der Waals surface area (Å²) in [7, 11) is 0. The second kappa shape index (κ2) is 5.91. The molecule has 1 heterocycles. The summed E-state index contributed by atoms with van der Waals surface area (Å²) in [5.41, 5.74) is 0.830. The van der Waals surface area contributed by atoms with Crippen molar-refractivity contribution in [3.63, 3.8) is 0 Å². The molecule has 0 saturated heterocycles. The molecule has 1 aromatic rings. The van der Waals surface area contributed by atoms with E-state index in [0.717, 1.165) is 24.6 Å². The number of aromatic nitrogens is 2. The number of anilines is 1. The standard InChI is InChI=1S/C11H18ClN3/c1-4-15(8-9(2)3)11-7-13-6-10(5-12)14-11/h6-7,9H,4-5,8H2,1-3H3. The predicted molar refractivity (Wildman–Crippen MR) is 64.3 cm³/mol. The Bertz CT molecular complexity index is 302. The highest BCUT2D eigenvalue weighted by Crippen LogP contribution is 2.12. The maximum Gasteiger partial charge on any atom is 0.147 e. The van der Waals surface area contributed by atoms with Crippen LogP contribution in [0.3, 0.4) is 0 Å². The van der Waals surface area contributed by atoms with Gasteiger partial charge in [-0.05, 0) is 12.8 Å². The average molecular weight is 228 g/mol. The van der Waals surface area contributed by atoms with Crippen LogP contribution in [0.15, 0.2) is 12.4 Å². The van der Waals surface area contributed by atoms with Crippen molar-refractivity contribution in [1.29, 1.82) is 0 Å². The molecule has 15 heavy (non-hydrogen) atoms. The van der Waals surface area contributed by atoms with Crippen LogP contribution in [0.1, 0.15) is 26.5 Å². The van der Waals surface area contributed by atoms with Gasteiger partial charge in [0.2, 0.25) is 0 Å². The number of hydrogen-bond donors (Lipinski definition) is 0. The van der Waals surface area contributed by atoms with Gasteiger partial charge in [0, 0.05) is 19.3 Å². The Morgan fingerprint density at radius 1 is 1.40 bits per heavy atom. The minimum absolute atomic E-state index is 0.417. The van der Waals surface area contributed by atoms with E-state index in [1.165, 1.54) is 0 Å². The largest absolute Gasteiger partial charge is 0.355 e. The zero-order chi connectivity index (χ0) is 11.3. The average Bonchev–Trinajstić information content (AvgIpc) is 2.25. The van der Waals surface area contributed by atoms with Gasteiger partial charge in [-0.1, -0.05) is 13.8 Å². The van der Waals surface area contributed by atoms with Crippen LogP contribution in [0, 0.1) is 5.92 Å². The van der Waals surface area contributed by atoms with Crippen molar-refractivity contribution in [1.82, 2.24) is 9.97 Å². The van der Waals surface area contributed by atoms with Crippen LogP contribution >= 0.6 is 11.6 Å². The molecule has 0 atom stereocenters. The van der Waals surface area contributed by atoms with Crippen LogP contribution in [-0.4, -0.2) is 23.1 Å². The predicted octanol–water partition coefficient (Wildman–Crippen LogP) is 2.70. The van der Waals surface area contributed by atoms with Crippen LogP contribution < -0.4 is 4.90 Å². The Labute approximate surface area is 96.5 Å². The highest BCUT2D eigenvalue weighted by Gasteiger charge is 2.08. The van der Waals surface area contributed by atoms with Gasteiger partial charge >= 0.3 is 0 Å². The minimum Gasteiger partial charge on any atom is -0.355 e. The van der Waals surface area contributed by atoms with Crippen LogP contribution in [0.4, 0.5) is 5.82 Å². The van der Waals surface area contributed by atoms with Gasteiger partial charge < -0.3 is 4.90 Å². The van der Waals surface area contributed by atoms with Crippen LogP contribution in [0.2, 0.25) is 0 Å². The molecule has 1 rings (SSSR count). The monoisotopic (exact) mass is 227 g/mol. The van der Waals surface area contributed by atoms with E-state index in [1.54, 1.807) is 12.4 Å². The van der Waals surface area contributed by atoms with Crippen molar-refractivity contribution in [3.05, 3.63) is 18.1 Å². The first-order valence-corrected chi connectivity index (χ1v) is 5.82. The van der Waals surface area contributed by atoms with Crippen molar-refractivity contribution < 1.29 is 0 Å². The topological polar surface area (TPSA) is 29.0 Å². The third-order valence-corrected chi connectivity index (χ3v) is 2.37. The maximum atomic E-state index is 5.73. The van der Waals surface area contributed by atoms with E-state index in [-0.39, 0.29) is 0 Å². The van der Waals surface area contributed by atoms with E-state index in [1.807, 2.05) is 0 Å². The Morgan fingerprint density at radius 2 is 2.13 bits per heavy atom. The third-order valence-electron chi connectivity index (χ3n) is 2.10. The van der Waals surface area contributed by atoms with Gasteiger partial charge in [0.1, 0.15) is 5.82 Å². The summed E-state index contributed by atoms with van der Waals surface area (Å²) in [6, 6.07) is 0. The van der Waals surface area contributed by atoms with Gasteiger partial charge in [0.05, 0.1) is 17.8 Å². The summed E-state index contributed by atoms with van der Waals surface area (Å²) in [5.74, 6) is 1.95. The fourth-order valence-electron chi connectivity index (χ4n) is 1.44. The van der Waals surface area contributed by atoms with E-state index in [2.05, 4.69) is 35.6 Å². The molecule has 3 nitrogen and oxygen atoms in total. The first-order chi connectivity index (χ1) is 7.17. The second-order valence-electron chi connectivity index (χ2n) is 3.93. The molecule has 0 radical (unpaired) electrons. The number of hydrogen-bond acceptors (Lipinski definition) is 3. The van der Waals surface area contributed by atoms with Crippen molar-refractivity contribution in [2.45, 2.75) is 26.7 Å². The molecule has 0 N–H and O–H groups in total. The molecule has 84 valence electrons. The smallest absolute Gasteiger partial charge is 0.147 e. The first kappa shape index (κ1) is 12.2. The van der Waals surface area contributed by atoms with E-state index in [4.69, 9.17) is 11.6 Å². The number of nitrogens with zero attached hydrogens (tertiary/aromatic N) is 3. The molecule has 0 amide bonds. The van der Waals surface area contributed by atoms with Crippen LogP contribution in [0.25, 0.3) is 0 Å². The van der Waals surface area contributed by atoms with Crippen LogP contribution in [0.5, 0.6) is 0 Å². The quantitative estimate of drug-likeness (QED) is 0.725. The summed E-state index contributed by atoms with van der Waals surface area (Å²) in [4.78, 5) is 10.8. The summed E-state index contributed by atoms with van der Waals surface area (Å²) in [6.07, 6.45) is 3.50. The molecule has 4 heteroatoms. The number of halogens is 1. The summed E-state index contributed by atoms with van der Waals surface area (Å²) in [5, 5.41) is 0. The zero-order valence-electron chi connectivity index (χ0n) is 9.57. The maximum absolute atomic E-state index is 5.73. The van der Waals surface area contributed by atoms with Crippen molar-refractivity contribution in [2.24, 2.45) is 5.92 Å². The molecule has 0 bridgehead atoms. The molecule has 0 spiro atoms. The van der Waals surface area contributed by atoms with E-state index in [9.17, 15) is 0 Å². The van der Waals surface area contributed by atoms with E-state index >= 15 is 0 Å². The molecule has 1 aromatic heterocycles. The fourth-order valence-corrected chi connectivity index (χ4v) is 1.57. The fraction of sp³-hybridized carbons (Fsp3) is 0.636. The Kier molecular flexibility index (Phi) is 4.82. The Hall–Kier alpha value is -0.830. The second-order valence-corrected chi connectivity index (χ2v) is 4.20. The van der Waals surface area contributed by atoms with Gasteiger partial charge in [0.25, 0.3) is 0 Å². The van der Waals surface area contributed by atoms with Crippen LogP contribution in [-0.2, 0) is 5.88 Å². The van der Waals surface area contributed by atoms with E-state index < -0.39 is 0 Å². The van der Waals surface area contributed by atoms with Gasteiger partial charge in [-0.15, -0.1) is 11.6 Å². The first-order valence-electron chi connectivity index (χ1n) is 5.29. The number of rotatable bonds is 5. The molecular formula is C11H18ClN3. The highest BCUT2D eigenvalue weighted by atomic mass is 35.5. The lowest BCUT2D eigenvalue weighted by Crippen LogP contribution is -2.28. The lowest BCUT2D eigenvalue weighted by Gasteiger charge is -2.23. The van der Waals surface area contributed by atoms with Gasteiger partial charge in [0.15, 0.2) is 0 Å². The number of alkyl halides is 1. The SMILES string of the molecule is CCN(CC(C)C)c1cncc(CCl)n1. The molecule has 0 aliphatic carbocycles. The van der Waals surface area contributed by atoms with Gasteiger partial charge in [-0.3, -0.25) is 4.98 Å².